The summed E-state index contributed by atoms with van der Waals surface area (Å²) in [6.07, 6.45) is 0.620. The first kappa shape index (κ1) is 13.1. The minimum Gasteiger partial charge on any atom is -0.489 e. The summed E-state index contributed by atoms with van der Waals surface area (Å²) in [4.78, 5) is 0. The lowest BCUT2D eigenvalue weighted by Gasteiger charge is -2.10. The minimum absolute atomic E-state index is 0.136. The Labute approximate surface area is 115 Å². The highest BCUT2D eigenvalue weighted by Gasteiger charge is 2.02. The maximum atomic E-state index is 9.00. The van der Waals surface area contributed by atoms with E-state index < -0.39 is 0 Å². The van der Waals surface area contributed by atoms with Gasteiger partial charge in [0.05, 0.1) is 0 Å². The van der Waals surface area contributed by atoms with Crippen molar-refractivity contribution >= 4 is 15.9 Å². The average molecular weight is 307 g/mol. The topological polar surface area (TPSA) is 29.5 Å². The molecule has 0 aromatic heterocycles. The van der Waals surface area contributed by atoms with Crippen molar-refractivity contribution in [3.05, 3.63) is 64.1 Å². The SMILES string of the molecule is OCCc1ccccc1OCc1cccc(Br)c1. The molecule has 2 nitrogen and oxygen atoms in total. The molecule has 0 aliphatic heterocycles. The Kier molecular flexibility index (Phi) is 4.79. The van der Waals surface area contributed by atoms with Crippen LogP contribution < -0.4 is 4.74 Å². The molecule has 0 amide bonds. The van der Waals surface area contributed by atoms with E-state index in [-0.39, 0.29) is 6.61 Å². The molecule has 0 aliphatic rings. The third-order valence-electron chi connectivity index (χ3n) is 2.64. The minimum atomic E-state index is 0.136. The summed E-state index contributed by atoms with van der Waals surface area (Å²) < 4.78 is 6.85. The summed E-state index contributed by atoms with van der Waals surface area (Å²) >= 11 is 3.44. The summed E-state index contributed by atoms with van der Waals surface area (Å²) in [5.74, 6) is 0.839. The first-order valence-corrected chi connectivity index (χ1v) is 6.65. The Hall–Kier alpha value is -1.32. The molecule has 94 valence electrons. The average Bonchev–Trinajstić information content (AvgIpc) is 2.38. The second kappa shape index (κ2) is 6.57. The highest BCUT2D eigenvalue weighted by atomic mass is 79.9. The number of ether oxygens (including phenoxy) is 1. The Balaban J connectivity index is 2.06. The molecule has 18 heavy (non-hydrogen) atoms. The van der Waals surface area contributed by atoms with E-state index >= 15 is 0 Å². The van der Waals surface area contributed by atoms with Crippen LogP contribution in [0.1, 0.15) is 11.1 Å². The molecule has 1 N–H and O–H groups in total. The first-order valence-electron chi connectivity index (χ1n) is 5.85. The van der Waals surface area contributed by atoms with Crippen LogP contribution in [0.3, 0.4) is 0 Å². The predicted molar refractivity (Wildman–Crippen MR) is 75.7 cm³/mol. The highest BCUT2D eigenvalue weighted by molar-refractivity contribution is 9.10. The number of rotatable bonds is 5. The van der Waals surface area contributed by atoms with Crippen LogP contribution in [0.15, 0.2) is 53.0 Å². The van der Waals surface area contributed by atoms with E-state index in [2.05, 4.69) is 15.9 Å². The van der Waals surface area contributed by atoms with Gasteiger partial charge in [0.15, 0.2) is 0 Å². The lowest BCUT2D eigenvalue weighted by atomic mass is 10.1. The first-order chi connectivity index (χ1) is 8.79. The summed E-state index contributed by atoms with van der Waals surface area (Å²) in [6.45, 7) is 0.666. The molecule has 0 unspecified atom stereocenters. The van der Waals surface area contributed by atoms with E-state index in [0.29, 0.717) is 13.0 Å². The third-order valence-corrected chi connectivity index (χ3v) is 3.13. The Morgan fingerprint density at radius 2 is 1.89 bits per heavy atom. The monoisotopic (exact) mass is 306 g/mol. The van der Waals surface area contributed by atoms with Gasteiger partial charge in [0.25, 0.3) is 0 Å². The maximum absolute atomic E-state index is 9.00. The zero-order valence-corrected chi connectivity index (χ0v) is 11.6. The van der Waals surface area contributed by atoms with Crippen molar-refractivity contribution in [2.24, 2.45) is 0 Å². The number of hydrogen-bond donors (Lipinski definition) is 1. The van der Waals surface area contributed by atoms with Crippen molar-refractivity contribution in [1.29, 1.82) is 0 Å². The van der Waals surface area contributed by atoms with Gasteiger partial charge >= 0.3 is 0 Å². The lowest BCUT2D eigenvalue weighted by molar-refractivity contribution is 0.284. The molecule has 0 atom stereocenters. The van der Waals surface area contributed by atoms with Gasteiger partial charge in [-0.05, 0) is 35.7 Å². The molecule has 0 fully saturated rings. The fourth-order valence-corrected chi connectivity index (χ4v) is 2.21. The van der Waals surface area contributed by atoms with Crippen molar-refractivity contribution in [1.82, 2.24) is 0 Å². The summed E-state index contributed by atoms with van der Waals surface area (Å²) in [5, 5.41) is 9.00. The van der Waals surface area contributed by atoms with Gasteiger partial charge in [0.2, 0.25) is 0 Å². The van der Waals surface area contributed by atoms with Crippen LogP contribution in [0.2, 0.25) is 0 Å². The number of benzene rings is 2. The Morgan fingerprint density at radius 3 is 2.67 bits per heavy atom. The quantitative estimate of drug-likeness (QED) is 0.915. The molecule has 0 aliphatic carbocycles. The van der Waals surface area contributed by atoms with Gasteiger partial charge in [0, 0.05) is 11.1 Å². The van der Waals surface area contributed by atoms with Crippen molar-refractivity contribution in [3.8, 4) is 5.75 Å². The number of hydrogen-bond acceptors (Lipinski definition) is 2. The van der Waals surface area contributed by atoms with E-state index in [1.807, 2.05) is 48.5 Å². The molecule has 2 rings (SSSR count). The van der Waals surface area contributed by atoms with Crippen LogP contribution in [0.25, 0.3) is 0 Å². The second-order valence-corrected chi connectivity index (χ2v) is 4.92. The summed E-state index contributed by atoms with van der Waals surface area (Å²) in [5.41, 5.74) is 2.15. The molecule has 2 aromatic rings. The van der Waals surface area contributed by atoms with Gasteiger partial charge in [-0.25, -0.2) is 0 Å². The predicted octanol–water partition coefficient (Wildman–Crippen LogP) is 3.56. The number of para-hydroxylation sites is 1. The van der Waals surface area contributed by atoms with Crippen molar-refractivity contribution in [2.45, 2.75) is 13.0 Å². The van der Waals surface area contributed by atoms with E-state index in [0.717, 1.165) is 21.3 Å². The third kappa shape index (κ3) is 3.59. The zero-order valence-electron chi connectivity index (χ0n) is 9.97. The van der Waals surface area contributed by atoms with Gasteiger partial charge < -0.3 is 9.84 Å². The van der Waals surface area contributed by atoms with Gasteiger partial charge in [-0.3, -0.25) is 0 Å². The van der Waals surface area contributed by atoms with Crippen molar-refractivity contribution in [2.75, 3.05) is 6.61 Å². The van der Waals surface area contributed by atoms with E-state index in [1.54, 1.807) is 0 Å². The molecule has 0 heterocycles. The Bertz CT molecular complexity index is 511. The highest BCUT2D eigenvalue weighted by Crippen LogP contribution is 2.20. The maximum Gasteiger partial charge on any atom is 0.123 e. The van der Waals surface area contributed by atoms with Crippen LogP contribution in [0.4, 0.5) is 0 Å². The van der Waals surface area contributed by atoms with Crippen LogP contribution in [-0.2, 0) is 13.0 Å². The lowest BCUT2D eigenvalue weighted by Crippen LogP contribution is -2.00. The zero-order chi connectivity index (χ0) is 12.8. The van der Waals surface area contributed by atoms with Gasteiger partial charge in [-0.2, -0.15) is 0 Å². The molecule has 3 heteroatoms. The fraction of sp³-hybridized carbons (Fsp3) is 0.200. The molecule has 0 saturated carbocycles. The van der Waals surface area contributed by atoms with Crippen LogP contribution in [-0.4, -0.2) is 11.7 Å². The molecular weight excluding hydrogens is 292 g/mol. The normalized spacial score (nSPS) is 10.3. The van der Waals surface area contributed by atoms with Gasteiger partial charge in [-0.1, -0.05) is 46.3 Å². The van der Waals surface area contributed by atoms with E-state index in [9.17, 15) is 0 Å². The van der Waals surface area contributed by atoms with Crippen LogP contribution >= 0.6 is 15.9 Å². The Morgan fingerprint density at radius 1 is 1.06 bits per heavy atom. The molecule has 0 bridgehead atoms. The molecular formula is C15H15BrO2. The van der Waals surface area contributed by atoms with E-state index in [4.69, 9.17) is 9.84 Å². The standard InChI is InChI=1S/C15H15BrO2/c16-14-6-3-4-12(10-14)11-18-15-7-2-1-5-13(15)8-9-17/h1-7,10,17H,8-9,11H2. The second-order valence-electron chi connectivity index (χ2n) is 4.00. The number of aliphatic hydroxyl groups is 1. The molecule has 0 radical (unpaired) electrons. The summed E-state index contributed by atoms with van der Waals surface area (Å²) in [7, 11) is 0. The van der Waals surface area contributed by atoms with Crippen molar-refractivity contribution in [3.63, 3.8) is 0 Å². The van der Waals surface area contributed by atoms with Crippen LogP contribution in [0, 0.1) is 0 Å². The fourth-order valence-electron chi connectivity index (χ4n) is 1.76. The smallest absolute Gasteiger partial charge is 0.123 e. The van der Waals surface area contributed by atoms with Crippen LogP contribution in [0.5, 0.6) is 5.75 Å². The number of aliphatic hydroxyl groups excluding tert-OH is 1. The largest absolute Gasteiger partial charge is 0.489 e. The number of halogens is 1. The van der Waals surface area contributed by atoms with E-state index in [1.165, 1.54) is 0 Å². The molecule has 0 saturated heterocycles. The van der Waals surface area contributed by atoms with Crippen molar-refractivity contribution < 1.29 is 9.84 Å². The van der Waals surface area contributed by atoms with Gasteiger partial charge in [-0.15, -0.1) is 0 Å². The van der Waals surface area contributed by atoms with Gasteiger partial charge in [0.1, 0.15) is 12.4 Å². The molecule has 2 aromatic carbocycles. The molecule has 0 spiro atoms. The summed E-state index contributed by atoms with van der Waals surface area (Å²) in [6, 6.07) is 15.9.